The third kappa shape index (κ3) is 15.2. The van der Waals surface area contributed by atoms with E-state index in [1.54, 1.807) is 6.26 Å². The lowest BCUT2D eigenvalue weighted by Gasteiger charge is -2.02. The van der Waals surface area contributed by atoms with Crippen molar-refractivity contribution < 1.29 is 14.3 Å². The maximum Gasteiger partial charge on any atom is 0.188 e. The molecule has 0 aliphatic carbocycles. The molecule has 0 radical (unpaired) electrons. The molecule has 100 valence electrons. The molecule has 0 N–H and O–H groups in total. The number of unbranched alkanes of at least 4 members (excludes halogenated alkanes) is 6. The Balaban J connectivity index is 3.01. The van der Waals surface area contributed by atoms with Gasteiger partial charge in [-0.2, -0.15) is 0 Å². The summed E-state index contributed by atoms with van der Waals surface area (Å²) in [6, 6.07) is 0. The first kappa shape index (κ1) is 16.2. The number of hydrogen-bond donors (Lipinski definition) is 0. The molecule has 0 fully saturated rings. The lowest BCUT2D eigenvalue weighted by Crippen LogP contribution is -1.97. The third-order valence-electron chi connectivity index (χ3n) is 2.43. The Hall–Kier alpha value is -0.830. The van der Waals surface area contributed by atoms with Crippen molar-refractivity contribution in [3.63, 3.8) is 0 Å². The fourth-order valence-electron chi connectivity index (χ4n) is 1.40. The van der Waals surface area contributed by atoms with Crippen molar-refractivity contribution >= 4 is 6.29 Å². The van der Waals surface area contributed by atoms with Crippen LogP contribution in [0.25, 0.3) is 0 Å². The summed E-state index contributed by atoms with van der Waals surface area (Å²) >= 11 is 0. The van der Waals surface area contributed by atoms with Crippen LogP contribution in [0.15, 0.2) is 12.3 Å². The van der Waals surface area contributed by atoms with E-state index in [0.717, 1.165) is 45.0 Å². The minimum absolute atomic E-state index is 0.353. The number of aldehydes is 1. The Bertz CT molecular complexity index is 178. The molecule has 0 unspecified atom stereocenters. The second-order valence-corrected chi connectivity index (χ2v) is 4.08. The van der Waals surface area contributed by atoms with E-state index in [-0.39, 0.29) is 0 Å². The van der Waals surface area contributed by atoms with Crippen molar-refractivity contribution in [2.24, 2.45) is 0 Å². The molecular weight excluding hydrogens is 216 g/mol. The Labute approximate surface area is 105 Å². The zero-order valence-electron chi connectivity index (χ0n) is 11.0. The number of carbonyl (C=O) groups excluding carboxylic acids is 1. The van der Waals surface area contributed by atoms with Crippen LogP contribution in [0.5, 0.6) is 0 Å². The van der Waals surface area contributed by atoms with E-state index in [1.165, 1.54) is 12.8 Å². The van der Waals surface area contributed by atoms with Crippen LogP contribution in [-0.4, -0.2) is 19.7 Å². The first-order chi connectivity index (χ1) is 8.41. The lowest BCUT2D eigenvalue weighted by atomic mass is 10.1. The molecule has 17 heavy (non-hydrogen) atoms. The highest BCUT2D eigenvalue weighted by molar-refractivity contribution is 5.48. The van der Waals surface area contributed by atoms with Gasteiger partial charge in [-0.15, -0.1) is 0 Å². The largest absolute Gasteiger partial charge is 0.475 e. The minimum Gasteiger partial charge on any atom is -0.475 e. The molecular formula is C14H26O3. The molecule has 0 saturated heterocycles. The van der Waals surface area contributed by atoms with Crippen LogP contribution in [0.1, 0.15) is 58.3 Å². The van der Waals surface area contributed by atoms with Gasteiger partial charge in [-0.25, -0.2) is 0 Å². The van der Waals surface area contributed by atoms with Crippen molar-refractivity contribution in [1.29, 1.82) is 0 Å². The van der Waals surface area contributed by atoms with Crippen LogP contribution >= 0.6 is 0 Å². The summed E-state index contributed by atoms with van der Waals surface area (Å²) in [4.78, 5) is 10.1. The number of hydrogen-bond acceptors (Lipinski definition) is 3. The van der Waals surface area contributed by atoms with Crippen molar-refractivity contribution in [1.82, 2.24) is 0 Å². The predicted molar refractivity (Wildman–Crippen MR) is 69.7 cm³/mol. The molecule has 0 aromatic heterocycles. The van der Waals surface area contributed by atoms with Gasteiger partial charge in [0.05, 0.1) is 12.9 Å². The molecule has 3 heteroatoms. The van der Waals surface area contributed by atoms with Crippen LogP contribution in [0.3, 0.4) is 0 Å². The van der Waals surface area contributed by atoms with Crippen LogP contribution in [0.4, 0.5) is 0 Å². The number of rotatable bonds is 13. The van der Waals surface area contributed by atoms with Crippen LogP contribution in [0.2, 0.25) is 0 Å². The van der Waals surface area contributed by atoms with Crippen LogP contribution < -0.4 is 0 Å². The fraction of sp³-hybridized carbons (Fsp3) is 0.786. The second kappa shape index (κ2) is 15.2. The smallest absolute Gasteiger partial charge is 0.188 e. The predicted octanol–water partition coefficient (Wildman–Crippen LogP) is 3.83. The molecule has 0 spiro atoms. The van der Waals surface area contributed by atoms with Gasteiger partial charge in [0, 0.05) is 6.42 Å². The van der Waals surface area contributed by atoms with Gasteiger partial charge in [0.2, 0.25) is 0 Å². The van der Waals surface area contributed by atoms with E-state index < -0.39 is 0 Å². The quantitative estimate of drug-likeness (QED) is 0.213. The van der Waals surface area contributed by atoms with E-state index in [4.69, 9.17) is 9.47 Å². The molecule has 0 amide bonds. The van der Waals surface area contributed by atoms with E-state index in [1.807, 2.05) is 6.08 Å². The van der Waals surface area contributed by atoms with Gasteiger partial charge in [-0.3, -0.25) is 0 Å². The zero-order valence-corrected chi connectivity index (χ0v) is 11.0. The van der Waals surface area contributed by atoms with Crippen molar-refractivity contribution in [3.8, 4) is 0 Å². The van der Waals surface area contributed by atoms with Gasteiger partial charge in [0.15, 0.2) is 6.79 Å². The maximum absolute atomic E-state index is 10.1. The Morgan fingerprint density at radius 2 is 1.82 bits per heavy atom. The monoisotopic (exact) mass is 242 g/mol. The second-order valence-electron chi connectivity index (χ2n) is 4.08. The summed E-state index contributed by atoms with van der Waals surface area (Å²) in [5.41, 5.74) is 0. The molecule has 0 aliphatic heterocycles. The highest BCUT2D eigenvalue weighted by Crippen LogP contribution is 2.02. The van der Waals surface area contributed by atoms with E-state index in [2.05, 4.69) is 6.92 Å². The summed E-state index contributed by atoms with van der Waals surface area (Å²) in [6.07, 6.45) is 13.2. The SMILES string of the molecule is CCCCCOCOC=CCCCCCC=O. The maximum atomic E-state index is 10.1. The molecule has 0 aliphatic rings. The van der Waals surface area contributed by atoms with Crippen LogP contribution in [-0.2, 0) is 14.3 Å². The molecule has 0 aromatic carbocycles. The molecule has 0 aromatic rings. The topological polar surface area (TPSA) is 35.5 Å². The molecule has 3 nitrogen and oxygen atoms in total. The van der Waals surface area contributed by atoms with Crippen molar-refractivity contribution in [2.45, 2.75) is 58.3 Å². The Morgan fingerprint density at radius 1 is 1.00 bits per heavy atom. The number of ether oxygens (including phenoxy) is 2. The number of carbonyl (C=O) groups is 1. The van der Waals surface area contributed by atoms with E-state index in [0.29, 0.717) is 13.2 Å². The molecule has 0 atom stereocenters. The molecule has 0 heterocycles. The van der Waals surface area contributed by atoms with Gasteiger partial charge in [0.25, 0.3) is 0 Å². The van der Waals surface area contributed by atoms with Gasteiger partial charge >= 0.3 is 0 Å². The summed E-state index contributed by atoms with van der Waals surface area (Å²) in [5, 5.41) is 0. The highest BCUT2D eigenvalue weighted by atomic mass is 16.7. The zero-order chi connectivity index (χ0) is 12.6. The summed E-state index contributed by atoms with van der Waals surface area (Å²) in [6.45, 7) is 3.31. The van der Waals surface area contributed by atoms with Gasteiger partial charge in [-0.05, 0) is 31.8 Å². The average Bonchev–Trinajstić information content (AvgIpc) is 2.35. The molecule has 0 rings (SSSR count). The van der Waals surface area contributed by atoms with E-state index in [9.17, 15) is 4.79 Å². The summed E-state index contributed by atoms with van der Waals surface area (Å²) in [5.74, 6) is 0. The van der Waals surface area contributed by atoms with Gasteiger partial charge < -0.3 is 14.3 Å². The first-order valence-corrected chi connectivity index (χ1v) is 6.69. The Kier molecular flexibility index (Phi) is 14.4. The normalized spacial score (nSPS) is 10.9. The van der Waals surface area contributed by atoms with Gasteiger partial charge in [-0.1, -0.05) is 26.2 Å². The average molecular weight is 242 g/mol. The summed E-state index contributed by atoms with van der Waals surface area (Å²) in [7, 11) is 0. The highest BCUT2D eigenvalue weighted by Gasteiger charge is 1.88. The minimum atomic E-state index is 0.353. The third-order valence-corrected chi connectivity index (χ3v) is 2.43. The fourth-order valence-corrected chi connectivity index (χ4v) is 1.40. The number of allylic oxidation sites excluding steroid dienone is 1. The molecule has 0 bridgehead atoms. The standard InChI is InChI=1S/C14H26O3/c1-2-3-9-12-16-14-17-13-10-7-5-4-6-8-11-15/h10-11,13H,2-9,12,14H2,1H3. The lowest BCUT2D eigenvalue weighted by molar-refractivity contribution is -0.107. The van der Waals surface area contributed by atoms with Crippen molar-refractivity contribution in [3.05, 3.63) is 12.3 Å². The molecule has 0 saturated carbocycles. The first-order valence-electron chi connectivity index (χ1n) is 6.69. The van der Waals surface area contributed by atoms with E-state index >= 15 is 0 Å². The Morgan fingerprint density at radius 3 is 2.59 bits per heavy atom. The van der Waals surface area contributed by atoms with Gasteiger partial charge in [0.1, 0.15) is 6.29 Å². The van der Waals surface area contributed by atoms with Crippen molar-refractivity contribution in [2.75, 3.05) is 13.4 Å². The summed E-state index contributed by atoms with van der Waals surface area (Å²) < 4.78 is 10.5. The van der Waals surface area contributed by atoms with Crippen LogP contribution in [0, 0.1) is 0 Å².